The summed E-state index contributed by atoms with van der Waals surface area (Å²) in [5.41, 5.74) is 2.34. The fourth-order valence-corrected chi connectivity index (χ4v) is 4.84. The molecule has 5 rings (SSSR count). The summed E-state index contributed by atoms with van der Waals surface area (Å²) in [5.74, 6) is 2.05. The van der Waals surface area contributed by atoms with Crippen LogP contribution in [-0.4, -0.2) is 46.7 Å². The van der Waals surface area contributed by atoms with E-state index in [4.69, 9.17) is 9.47 Å². The van der Waals surface area contributed by atoms with Crippen LogP contribution in [0.2, 0.25) is 0 Å². The van der Waals surface area contributed by atoms with Crippen LogP contribution in [-0.2, 0) is 6.54 Å². The normalized spacial score (nSPS) is 40.0. The highest BCUT2D eigenvalue weighted by Crippen LogP contribution is 2.51. The number of benzene rings is 1. The summed E-state index contributed by atoms with van der Waals surface area (Å²) in [7, 11) is 0. The van der Waals surface area contributed by atoms with Crippen LogP contribution in [0.25, 0.3) is 0 Å². The Morgan fingerprint density at radius 3 is 2.81 bits per heavy atom. The molecule has 0 amide bonds. The van der Waals surface area contributed by atoms with Gasteiger partial charge in [0.05, 0.1) is 12.2 Å². The molecular formula is C16H19NO4. The van der Waals surface area contributed by atoms with E-state index in [-0.39, 0.29) is 12.7 Å². The molecule has 1 aliphatic carbocycles. The maximum Gasteiger partial charge on any atom is 0.231 e. The molecule has 5 heteroatoms. The zero-order chi connectivity index (χ0) is 14.1. The van der Waals surface area contributed by atoms with Gasteiger partial charge in [-0.15, -0.1) is 0 Å². The first-order valence-electron chi connectivity index (χ1n) is 7.75. The van der Waals surface area contributed by atoms with Crippen LogP contribution < -0.4 is 9.47 Å². The van der Waals surface area contributed by atoms with Crippen LogP contribution in [0, 0.1) is 5.92 Å². The molecule has 4 aliphatic rings. The second kappa shape index (κ2) is 4.12. The zero-order valence-electron chi connectivity index (χ0n) is 11.7. The molecule has 21 heavy (non-hydrogen) atoms. The van der Waals surface area contributed by atoms with Crippen LogP contribution in [0.15, 0.2) is 12.1 Å². The second-order valence-electron chi connectivity index (χ2n) is 6.73. The average molecular weight is 289 g/mol. The fourth-order valence-electron chi connectivity index (χ4n) is 4.84. The van der Waals surface area contributed by atoms with Crippen molar-refractivity contribution >= 4 is 0 Å². The van der Waals surface area contributed by atoms with Crippen LogP contribution in [0.4, 0.5) is 0 Å². The molecule has 0 aromatic heterocycles. The molecule has 1 saturated carbocycles. The van der Waals surface area contributed by atoms with E-state index in [0.29, 0.717) is 12.0 Å². The molecular weight excluding hydrogens is 270 g/mol. The number of fused-ring (bicyclic) bond motifs is 3. The van der Waals surface area contributed by atoms with Gasteiger partial charge in [-0.1, -0.05) is 0 Å². The van der Waals surface area contributed by atoms with Gasteiger partial charge in [-0.25, -0.2) is 0 Å². The number of hydrogen-bond acceptors (Lipinski definition) is 5. The van der Waals surface area contributed by atoms with Gasteiger partial charge >= 0.3 is 0 Å². The maximum absolute atomic E-state index is 10.6. The zero-order valence-corrected chi connectivity index (χ0v) is 11.7. The predicted octanol–water partition coefficient (Wildman–Crippen LogP) is 0.828. The van der Waals surface area contributed by atoms with Crippen molar-refractivity contribution in [1.29, 1.82) is 0 Å². The van der Waals surface area contributed by atoms with Crippen LogP contribution in [0.1, 0.15) is 29.9 Å². The Labute approximate surface area is 123 Å². The third-order valence-corrected chi connectivity index (χ3v) is 5.73. The van der Waals surface area contributed by atoms with E-state index in [1.165, 1.54) is 5.56 Å². The van der Waals surface area contributed by atoms with Gasteiger partial charge in [-0.3, -0.25) is 4.90 Å². The molecule has 0 unspecified atom stereocenters. The van der Waals surface area contributed by atoms with Crippen molar-refractivity contribution in [3.05, 3.63) is 23.3 Å². The monoisotopic (exact) mass is 289 g/mol. The Kier molecular flexibility index (Phi) is 2.41. The fraction of sp³-hybridized carbons (Fsp3) is 0.625. The van der Waals surface area contributed by atoms with E-state index in [9.17, 15) is 10.2 Å². The Bertz CT molecular complexity index is 604. The van der Waals surface area contributed by atoms with Gasteiger partial charge in [-0.05, 0) is 48.6 Å². The van der Waals surface area contributed by atoms with Crippen molar-refractivity contribution in [3.63, 3.8) is 0 Å². The maximum atomic E-state index is 10.6. The van der Waals surface area contributed by atoms with Crippen molar-refractivity contribution < 1.29 is 19.7 Å². The largest absolute Gasteiger partial charge is 0.454 e. The van der Waals surface area contributed by atoms with Crippen LogP contribution in [0.3, 0.4) is 0 Å². The molecule has 2 N–H and O–H groups in total. The number of aliphatic hydroxyl groups is 2. The van der Waals surface area contributed by atoms with E-state index in [0.717, 1.165) is 43.0 Å². The molecule has 2 fully saturated rings. The quantitative estimate of drug-likeness (QED) is 0.741. The summed E-state index contributed by atoms with van der Waals surface area (Å²) >= 11 is 0. The smallest absolute Gasteiger partial charge is 0.231 e. The lowest BCUT2D eigenvalue weighted by Crippen LogP contribution is -2.53. The average Bonchev–Trinajstić information content (AvgIpc) is 3.08. The Morgan fingerprint density at radius 1 is 1.14 bits per heavy atom. The van der Waals surface area contributed by atoms with Gasteiger partial charge in [0.15, 0.2) is 11.5 Å². The van der Waals surface area contributed by atoms with Gasteiger partial charge < -0.3 is 19.7 Å². The van der Waals surface area contributed by atoms with Crippen molar-refractivity contribution in [1.82, 2.24) is 4.90 Å². The molecule has 5 atom stereocenters. The minimum absolute atomic E-state index is 0.0144. The number of aliphatic hydroxyl groups excluding tert-OH is 2. The summed E-state index contributed by atoms with van der Waals surface area (Å²) in [6.45, 7) is 2.23. The Hall–Kier alpha value is -1.30. The highest BCUT2D eigenvalue weighted by Gasteiger charge is 2.52. The molecule has 1 saturated heterocycles. The Balaban J connectivity index is 1.66. The van der Waals surface area contributed by atoms with Gasteiger partial charge in [-0.2, -0.15) is 0 Å². The van der Waals surface area contributed by atoms with E-state index in [1.54, 1.807) is 0 Å². The summed E-state index contributed by atoms with van der Waals surface area (Å²) in [5, 5.41) is 20.8. The van der Waals surface area contributed by atoms with Gasteiger partial charge in [0.1, 0.15) is 0 Å². The van der Waals surface area contributed by atoms with Crippen molar-refractivity contribution in [2.45, 2.75) is 43.6 Å². The summed E-state index contributed by atoms with van der Waals surface area (Å²) in [6.07, 6.45) is 0.531. The first kappa shape index (κ1) is 12.3. The molecule has 1 aromatic rings. The predicted molar refractivity (Wildman–Crippen MR) is 74.2 cm³/mol. The highest BCUT2D eigenvalue weighted by atomic mass is 16.7. The molecule has 0 bridgehead atoms. The third kappa shape index (κ3) is 1.57. The number of rotatable bonds is 0. The summed E-state index contributed by atoms with van der Waals surface area (Å²) in [6, 6.07) is 4.43. The van der Waals surface area contributed by atoms with Crippen LogP contribution >= 0.6 is 0 Å². The lowest BCUT2D eigenvalue weighted by Gasteiger charge is -2.47. The molecule has 3 heterocycles. The SMILES string of the molecule is O[C@H]1[C@H]2c3cc4c(cc3CN3CC[C@H](C[C@@H]1O)[C@@H]23)OCO4. The summed E-state index contributed by atoms with van der Waals surface area (Å²) in [4.78, 5) is 2.47. The lowest BCUT2D eigenvalue weighted by molar-refractivity contribution is -0.0657. The molecule has 3 aliphatic heterocycles. The van der Waals surface area contributed by atoms with E-state index < -0.39 is 12.2 Å². The van der Waals surface area contributed by atoms with E-state index in [1.807, 2.05) is 6.07 Å². The number of nitrogens with zero attached hydrogens (tertiary/aromatic N) is 1. The van der Waals surface area contributed by atoms with Crippen molar-refractivity contribution in [3.8, 4) is 11.5 Å². The molecule has 0 radical (unpaired) electrons. The second-order valence-corrected chi connectivity index (χ2v) is 6.73. The minimum Gasteiger partial charge on any atom is -0.454 e. The van der Waals surface area contributed by atoms with E-state index >= 15 is 0 Å². The minimum atomic E-state index is -0.689. The van der Waals surface area contributed by atoms with Gasteiger partial charge in [0, 0.05) is 18.5 Å². The molecule has 0 spiro atoms. The number of ether oxygens (including phenoxy) is 2. The van der Waals surface area contributed by atoms with E-state index in [2.05, 4.69) is 11.0 Å². The first-order chi connectivity index (χ1) is 10.2. The summed E-state index contributed by atoms with van der Waals surface area (Å²) < 4.78 is 11.0. The van der Waals surface area contributed by atoms with Gasteiger partial charge in [0.2, 0.25) is 6.79 Å². The standard InChI is InChI=1S/C16H19NO4/c18-11-3-8-1-2-17-6-9-4-12-13(21-7-20-12)5-10(9)14(15(8)17)16(11)19/h4-5,8,11,14-16,18-19H,1-3,6-7H2/t8-,11+,14+,15+,16-/m1/s1. The highest BCUT2D eigenvalue weighted by molar-refractivity contribution is 5.52. The van der Waals surface area contributed by atoms with Crippen LogP contribution in [0.5, 0.6) is 11.5 Å². The number of hydrogen-bond donors (Lipinski definition) is 2. The molecule has 1 aromatic carbocycles. The molecule has 5 nitrogen and oxygen atoms in total. The lowest BCUT2D eigenvalue weighted by atomic mass is 9.68. The van der Waals surface area contributed by atoms with Crippen molar-refractivity contribution in [2.75, 3.05) is 13.3 Å². The Morgan fingerprint density at radius 2 is 1.95 bits per heavy atom. The van der Waals surface area contributed by atoms with Gasteiger partial charge in [0.25, 0.3) is 0 Å². The third-order valence-electron chi connectivity index (χ3n) is 5.73. The topological polar surface area (TPSA) is 62.2 Å². The molecule has 112 valence electrons. The first-order valence-corrected chi connectivity index (χ1v) is 7.75. The van der Waals surface area contributed by atoms with Crippen molar-refractivity contribution in [2.24, 2.45) is 5.92 Å².